The van der Waals surface area contributed by atoms with Crippen LogP contribution in [-0.2, 0) is 6.54 Å². The van der Waals surface area contributed by atoms with E-state index in [0.29, 0.717) is 22.4 Å². The number of rotatable bonds is 5. The van der Waals surface area contributed by atoms with E-state index in [4.69, 9.17) is 6.42 Å². The zero-order valence-corrected chi connectivity index (χ0v) is 14.1. The Morgan fingerprint density at radius 2 is 2.22 bits per heavy atom. The van der Waals surface area contributed by atoms with Crippen molar-refractivity contribution in [1.29, 1.82) is 0 Å². The lowest BCUT2D eigenvalue weighted by Crippen LogP contribution is -2.24. The minimum atomic E-state index is -0.288. The molecule has 2 rings (SSSR count). The number of aromatic nitrogens is 1. The Kier molecular flexibility index (Phi) is 5.72. The lowest BCUT2D eigenvalue weighted by molar-refractivity contribution is 0.0958. The van der Waals surface area contributed by atoms with Crippen LogP contribution in [-0.4, -0.2) is 24.5 Å². The second kappa shape index (κ2) is 7.75. The zero-order chi connectivity index (χ0) is 16.8. The Hall–Kier alpha value is -2.39. The number of carbonyl (C=O) groups is 1. The third-order valence-corrected chi connectivity index (χ3v) is 3.91. The molecule has 0 fully saturated rings. The molecule has 0 atom stereocenters. The molecule has 1 amide bonds. The van der Waals surface area contributed by atoms with E-state index in [9.17, 15) is 9.18 Å². The number of terminal acetylenes is 1. The van der Waals surface area contributed by atoms with Crippen LogP contribution in [0.2, 0.25) is 0 Å². The topological polar surface area (TPSA) is 45.2 Å². The van der Waals surface area contributed by atoms with Crippen LogP contribution in [0.4, 0.5) is 10.2 Å². The number of benzene rings is 1. The van der Waals surface area contributed by atoms with Gasteiger partial charge in [-0.05, 0) is 29.8 Å². The highest BCUT2D eigenvalue weighted by Crippen LogP contribution is 2.21. The number of anilines is 1. The van der Waals surface area contributed by atoms with Gasteiger partial charge >= 0.3 is 0 Å². The summed E-state index contributed by atoms with van der Waals surface area (Å²) >= 11 is 3.35. The molecule has 0 radical (unpaired) electrons. The maximum atomic E-state index is 13.1. The Morgan fingerprint density at radius 1 is 1.43 bits per heavy atom. The summed E-state index contributed by atoms with van der Waals surface area (Å²) in [7, 11) is 1.87. The van der Waals surface area contributed by atoms with Gasteiger partial charge in [0.1, 0.15) is 11.6 Å². The molecule has 1 aromatic heterocycles. The first-order chi connectivity index (χ1) is 11.0. The summed E-state index contributed by atoms with van der Waals surface area (Å²) in [5.41, 5.74) is 1.38. The van der Waals surface area contributed by atoms with Crippen molar-refractivity contribution in [2.45, 2.75) is 6.54 Å². The van der Waals surface area contributed by atoms with Crippen molar-refractivity contribution in [3.8, 4) is 12.3 Å². The maximum Gasteiger partial charge on any atom is 0.253 e. The van der Waals surface area contributed by atoms with Crippen molar-refractivity contribution >= 4 is 27.7 Å². The quantitative estimate of drug-likeness (QED) is 0.817. The molecule has 1 heterocycles. The number of pyridine rings is 1. The van der Waals surface area contributed by atoms with Gasteiger partial charge in [0.05, 0.1) is 12.1 Å². The molecule has 0 aliphatic rings. The van der Waals surface area contributed by atoms with E-state index in [-0.39, 0.29) is 18.3 Å². The number of carbonyl (C=O) groups excluding carboxylic acids is 1. The van der Waals surface area contributed by atoms with Crippen LogP contribution in [0.1, 0.15) is 15.9 Å². The average Bonchev–Trinajstić information content (AvgIpc) is 2.55. The third kappa shape index (κ3) is 4.54. The van der Waals surface area contributed by atoms with Gasteiger partial charge in [-0.3, -0.25) is 4.79 Å². The first kappa shape index (κ1) is 17.0. The van der Waals surface area contributed by atoms with Crippen LogP contribution < -0.4 is 10.2 Å². The Morgan fingerprint density at radius 3 is 2.83 bits per heavy atom. The van der Waals surface area contributed by atoms with Crippen LogP contribution in [0, 0.1) is 18.2 Å². The molecule has 6 heteroatoms. The molecular weight excluding hydrogens is 361 g/mol. The van der Waals surface area contributed by atoms with Crippen molar-refractivity contribution in [3.05, 3.63) is 57.9 Å². The van der Waals surface area contributed by atoms with Gasteiger partial charge in [-0.15, -0.1) is 6.42 Å². The number of hydrogen-bond donors (Lipinski definition) is 1. The highest BCUT2D eigenvalue weighted by atomic mass is 79.9. The second-order valence-corrected chi connectivity index (χ2v) is 5.74. The van der Waals surface area contributed by atoms with E-state index in [0.717, 1.165) is 5.56 Å². The monoisotopic (exact) mass is 375 g/mol. The smallest absolute Gasteiger partial charge is 0.253 e. The minimum absolute atomic E-state index is 0.180. The average molecular weight is 376 g/mol. The molecule has 1 N–H and O–H groups in total. The summed E-state index contributed by atoms with van der Waals surface area (Å²) in [6.45, 7) is 0.732. The Balaban J connectivity index is 2.06. The molecule has 0 unspecified atom stereocenters. The fourth-order valence-corrected chi connectivity index (χ4v) is 2.44. The van der Waals surface area contributed by atoms with Gasteiger partial charge in [-0.1, -0.05) is 27.9 Å². The lowest BCUT2D eigenvalue weighted by Gasteiger charge is -2.19. The number of nitrogens with zero attached hydrogens (tertiary/aromatic N) is 2. The molecule has 2 aromatic rings. The third-order valence-electron chi connectivity index (χ3n) is 3.17. The van der Waals surface area contributed by atoms with E-state index >= 15 is 0 Å². The van der Waals surface area contributed by atoms with E-state index in [1.54, 1.807) is 18.2 Å². The van der Waals surface area contributed by atoms with E-state index in [1.165, 1.54) is 18.3 Å². The van der Waals surface area contributed by atoms with Crippen LogP contribution in [0.5, 0.6) is 0 Å². The molecule has 0 bridgehead atoms. The van der Waals surface area contributed by atoms with E-state index in [2.05, 4.69) is 32.2 Å². The van der Waals surface area contributed by atoms with Crippen molar-refractivity contribution < 1.29 is 9.18 Å². The second-order valence-electron chi connectivity index (χ2n) is 4.88. The molecule has 0 spiro atoms. The van der Waals surface area contributed by atoms with E-state index in [1.807, 2.05) is 11.9 Å². The molecular formula is C17H15BrFN3O. The molecule has 0 aliphatic heterocycles. The molecule has 23 heavy (non-hydrogen) atoms. The predicted octanol–water partition coefficient (Wildman–Crippen LogP) is 2.98. The van der Waals surface area contributed by atoms with Crippen molar-refractivity contribution in [3.63, 3.8) is 0 Å². The summed E-state index contributed by atoms with van der Waals surface area (Å²) in [6, 6.07) is 8.00. The normalized spacial score (nSPS) is 10.0. The maximum absolute atomic E-state index is 13.1. The molecule has 0 saturated heterocycles. The SMILES string of the molecule is C#CCNC(=O)c1ccc(N(C)Cc2ccc(F)cc2Br)nc1. The van der Waals surface area contributed by atoms with E-state index < -0.39 is 0 Å². The fraction of sp³-hybridized carbons (Fsp3) is 0.176. The number of hydrogen-bond acceptors (Lipinski definition) is 3. The zero-order valence-electron chi connectivity index (χ0n) is 12.5. The summed E-state index contributed by atoms with van der Waals surface area (Å²) in [6.07, 6.45) is 6.60. The summed E-state index contributed by atoms with van der Waals surface area (Å²) < 4.78 is 13.8. The van der Waals surface area contributed by atoms with Crippen LogP contribution in [0.15, 0.2) is 41.0 Å². The minimum Gasteiger partial charge on any atom is -0.355 e. The summed E-state index contributed by atoms with van der Waals surface area (Å²) in [5, 5.41) is 2.58. The van der Waals surface area contributed by atoms with Gasteiger partial charge in [-0.2, -0.15) is 0 Å². The first-order valence-corrected chi connectivity index (χ1v) is 7.63. The Bertz CT molecular complexity index is 740. The van der Waals surface area contributed by atoms with Gasteiger partial charge in [0, 0.05) is 24.3 Å². The van der Waals surface area contributed by atoms with Crippen LogP contribution in [0.3, 0.4) is 0 Å². The predicted molar refractivity (Wildman–Crippen MR) is 91.6 cm³/mol. The molecule has 118 valence electrons. The van der Waals surface area contributed by atoms with Gasteiger partial charge in [0.15, 0.2) is 0 Å². The van der Waals surface area contributed by atoms with Crippen LogP contribution in [0.25, 0.3) is 0 Å². The summed E-state index contributed by atoms with van der Waals surface area (Å²) in [5.74, 6) is 2.50. The first-order valence-electron chi connectivity index (χ1n) is 6.84. The van der Waals surface area contributed by atoms with Gasteiger partial charge in [0.2, 0.25) is 0 Å². The van der Waals surface area contributed by atoms with Gasteiger partial charge in [-0.25, -0.2) is 9.37 Å². The molecule has 1 aromatic carbocycles. The largest absolute Gasteiger partial charge is 0.355 e. The van der Waals surface area contributed by atoms with Crippen molar-refractivity contribution in [2.75, 3.05) is 18.5 Å². The van der Waals surface area contributed by atoms with Crippen LogP contribution >= 0.6 is 15.9 Å². The Labute approximate surface area is 142 Å². The number of halogens is 2. The van der Waals surface area contributed by atoms with Crippen molar-refractivity contribution in [1.82, 2.24) is 10.3 Å². The number of nitrogens with one attached hydrogen (secondary N) is 1. The molecule has 0 saturated carbocycles. The highest BCUT2D eigenvalue weighted by molar-refractivity contribution is 9.10. The molecule has 0 aliphatic carbocycles. The number of amides is 1. The van der Waals surface area contributed by atoms with Gasteiger partial charge < -0.3 is 10.2 Å². The molecule has 4 nitrogen and oxygen atoms in total. The van der Waals surface area contributed by atoms with Crippen molar-refractivity contribution in [2.24, 2.45) is 0 Å². The fourth-order valence-electron chi connectivity index (χ4n) is 1.97. The highest BCUT2D eigenvalue weighted by Gasteiger charge is 2.09. The van der Waals surface area contributed by atoms with Gasteiger partial charge in [0.25, 0.3) is 5.91 Å². The summed E-state index contributed by atoms with van der Waals surface area (Å²) in [4.78, 5) is 17.9. The lowest BCUT2D eigenvalue weighted by atomic mass is 10.2. The standard InChI is InChI=1S/C17H15BrFN3O/c1-3-8-20-17(23)12-5-7-16(21-10-12)22(2)11-13-4-6-14(19)9-15(13)18/h1,4-7,9-10H,8,11H2,2H3,(H,20,23).